The fraction of sp³-hybridized carbons (Fsp3) is 0.235. The van der Waals surface area contributed by atoms with E-state index in [1.807, 2.05) is 109 Å². The van der Waals surface area contributed by atoms with Crippen LogP contribution in [0.3, 0.4) is 0 Å². The normalized spacial score (nSPS) is 17.7. The van der Waals surface area contributed by atoms with Gasteiger partial charge in [0.2, 0.25) is 5.90 Å². The summed E-state index contributed by atoms with van der Waals surface area (Å²) >= 11 is 0. The molecule has 1 heterocycles. The number of amides is 1. The number of hydrazine groups is 1. The Morgan fingerprint density at radius 2 is 1.55 bits per heavy atom. The summed E-state index contributed by atoms with van der Waals surface area (Å²) in [6.45, 7) is 0.916. The van der Waals surface area contributed by atoms with Crippen LogP contribution in [0.1, 0.15) is 34.8 Å². The van der Waals surface area contributed by atoms with Crippen LogP contribution in [0.15, 0.2) is 114 Å². The summed E-state index contributed by atoms with van der Waals surface area (Å²) in [6.07, 6.45) is 0.215. The molecule has 2 atom stereocenters. The Morgan fingerprint density at radius 3 is 2.21 bits per heavy atom. The van der Waals surface area contributed by atoms with E-state index in [2.05, 4.69) is 10.9 Å². The van der Waals surface area contributed by atoms with Gasteiger partial charge in [-0.05, 0) is 53.1 Å². The van der Waals surface area contributed by atoms with Crippen LogP contribution in [0.5, 0.6) is 11.5 Å². The van der Waals surface area contributed by atoms with E-state index in [4.69, 9.17) is 24.3 Å². The van der Waals surface area contributed by atoms with Crippen molar-refractivity contribution in [3.05, 3.63) is 131 Å². The third kappa shape index (κ3) is 6.79. The van der Waals surface area contributed by atoms with Crippen LogP contribution in [0.4, 0.5) is 0 Å². The van der Waals surface area contributed by atoms with Gasteiger partial charge in [0.1, 0.15) is 11.5 Å². The number of aliphatic hydroxyl groups is 1. The number of nitrogens with one attached hydrogen (secondary N) is 2. The average molecular weight is 566 g/mol. The summed E-state index contributed by atoms with van der Waals surface area (Å²) in [6, 6.07) is 34.6. The summed E-state index contributed by atoms with van der Waals surface area (Å²) in [7, 11) is 1.63. The standard InChI is InChI=1S/C34H35N3O5/c1-40-29-17-13-26(14-18-29)24-35-37-33(39)34(23-25-9-4-2-5-10-25)31(27-11-6-3-7-12-27)42-32(36-34)28-15-19-30(20-16-28)41-22-8-21-38/h2-7,9-20,31,35,38H,8,21-24H2,1H3,(H,37,39)/t31-,34-/m0/s1. The number of hydrogen-bond donors (Lipinski definition) is 3. The molecule has 0 fully saturated rings. The molecule has 216 valence electrons. The van der Waals surface area contributed by atoms with Crippen LogP contribution in [-0.4, -0.2) is 42.8 Å². The number of benzene rings is 4. The molecule has 1 amide bonds. The Bertz CT molecular complexity index is 1460. The minimum atomic E-state index is -1.29. The highest BCUT2D eigenvalue weighted by molar-refractivity contribution is 6.01. The van der Waals surface area contributed by atoms with Gasteiger partial charge in [0.05, 0.1) is 13.7 Å². The molecule has 0 aliphatic carbocycles. The van der Waals surface area contributed by atoms with E-state index in [9.17, 15) is 4.79 Å². The zero-order valence-electron chi connectivity index (χ0n) is 23.5. The van der Waals surface area contributed by atoms with Crippen molar-refractivity contribution in [2.45, 2.75) is 31.0 Å². The number of carbonyl (C=O) groups is 1. The summed E-state index contributed by atoms with van der Waals surface area (Å²) in [4.78, 5) is 19.3. The second-order valence-corrected chi connectivity index (χ2v) is 10.0. The van der Waals surface area contributed by atoms with E-state index in [1.165, 1.54) is 0 Å². The lowest BCUT2D eigenvalue weighted by Gasteiger charge is -2.31. The zero-order chi connectivity index (χ0) is 29.2. The number of aliphatic imine (C=N–C) groups is 1. The summed E-state index contributed by atoms with van der Waals surface area (Å²) in [5.41, 5.74) is 8.25. The molecule has 42 heavy (non-hydrogen) atoms. The molecule has 0 spiro atoms. The van der Waals surface area contributed by atoms with E-state index in [0.29, 0.717) is 37.6 Å². The van der Waals surface area contributed by atoms with Crippen LogP contribution < -0.4 is 20.3 Å². The molecule has 0 saturated heterocycles. The maximum atomic E-state index is 14.2. The number of ether oxygens (including phenoxy) is 3. The van der Waals surface area contributed by atoms with Gasteiger partial charge in [-0.15, -0.1) is 0 Å². The van der Waals surface area contributed by atoms with Crippen molar-refractivity contribution in [3.63, 3.8) is 0 Å². The number of carbonyl (C=O) groups excluding carboxylic acids is 1. The van der Waals surface area contributed by atoms with Crippen molar-refractivity contribution in [1.29, 1.82) is 0 Å². The maximum absolute atomic E-state index is 14.2. The SMILES string of the molecule is COc1ccc(CNNC(=O)[C@@]2(Cc3ccccc3)N=C(c3ccc(OCCCO)cc3)O[C@H]2c2ccccc2)cc1. The minimum Gasteiger partial charge on any atom is -0.497 e. The number of rotatable bonds is 13. The molecule has 0 bridgehead atoms. The lowest BCUT2D eigenvalue weighted by atomic mass is 9.82. The first-order valence-corrected chi connectivity index (χ1v) is 14.0. The van der Waals surface area contributed by atoms with Crippen molar-refractivity contribution >= 4 is 11.8 Å². The third-order valence-corrected chi connectivity index (χ3v) is 7.10. The van der Waals surface area contributed by atoms with Crippen molar-refractivity contribution in [2.24, 2.45) is 4.99 Å². The second kappa shape index (κ2) is 13.8. The first-order chi connectivity index (χ1) is 20.6. The monoisotopic (exact) mass is 565 g/mol. The maximum Gasteiger partial charge on any atom is 0.266 e. The number of hydrogen-bond acceptors (Lipinski definition) is 7. The quantitative estimate of drug-likeness (QED) is 0.159. The molecule has 1 aliphatic heterocycles. The molecule has 0 saturated carbocycles. The predicted molar refractivity (Wildman–Crippen MR) is 161 cm³/mol. The fourth-order valence-electron chi connectivity index (χ4n) is 4.90. The molecular formula is C34H35N3O5. The first-order valence-electron chi connectivity index (χ1n) is 14.0. The van der Waals surface area contributed by atoms with Gasteiger partial charge in [-0.1, -0.05) is 72.8 Å². The molecule has 0 unspecified atom stereocenters. The van der Waals surface area contributed by atoms with Crippen LogP contribution in [0.25, 0.3) is 0 Å². The van der Waals surface area contributed by atoms with E-state index >= 15 is 0 Å². The van der Waals surface area contributed by atoms with Crippen LogP contribution in [0.2, 0.25) is 0 Å². The molecular weight excluding hydrogens is 530 g/mol. The Hall–Kier alpha value is -4.66. The number of aliphatic hydroxyl groups excluding tert-OH is 1. The van der Waals surface area contributed by atoms with Crippen molar-refractivity contribution in [1.82, 2.24) is 10.9 Å². The highest BCUT2D eigenvalue weighted by Gasteiger charge is 2.53. The molecule has 8 nitrogen and oxygen atoms in total. The Morgan fingerprint density at radius 1 is 0.881 bits per heavy atom. The molecule has 4 aromatic rings. The molecule has 8 heteroatoms. The van der Waals surface area contributed by atoms with Crippen molar-refractivity contribution < 1.29 is 24.1 Å². The largest absolute Gasteiger partial charge is 0.497 e. The van der Waals surface area contributed by atoms with Gasteiger partial charge >= 0.3 is 0 Å². The van der Waals surface area contributed by atoms with Gasteiger partial charge in [-0.3, -0.25) is 10.2 Å². The smallest absolute Gasteiger partial charge is 0.266 e. The summed E-state index contributed by atoms with van der Waals surface area (Å²) < 4.78 is 17.5. The first kappa shape index (κ1) is 28.9. The van der Waals surface area contributed by atoms with E-state index in [1.54, 1.807) is 7.11 Å². The van der Waals surface area contributed by atoms with Crippen LogP contribution in [0, 0.1) is 0 Å². The van der Waals surface area contributed by atoms with E-state index in [-0.39, 0.29) is 12.5 Å². The Balaban J connectivity index is 1.46. The van der Waals surface area contributed by atoms with Crippen molar-refractivity contribution in [2.75, 3.05) is 20.3 Å². The van der Waals surface area contributed by atoms with Gasteiger partial charge in [-0.2, -0.15) is 0 Å². The molecule has 1 aliphatic rings. The summed E-state index contributed by atoms with van der Waals surface area (Å²) in [5.74, 6) is 1.53. The van der Waals surface area contributed by atoms with Crippen LogP contribution >= 0.6 is 0 Å². The summed E-state index contributed by atoms with van der Waals surface area (Å²) in [5, 5.41) is 9.03. The van der Waals surface area contributed by atoms with Gasteiger partial charge in [0.25, 0.3) is 5.91 Å². The zero-order valence-corrected chi connectivity index (χ0v) is 23.5. The van der Waals surface area contributed by atoms with E-state index in [0.717, 1.165) is 28.0 Å². The van der Waals surface area contributed by atoms with Gasteiger partial charge in [0.15, 0.2) is 11.6 Å². The Labute approximate surface area is 246 Å². The Kier molecular flexibility index (Phi) is 9.48. The molecule has 0 radical (unpaired) electrons. The third-order valence-electron chi connectivity index (χ3n) is 7.10. The minimum absolute atomic E-state index is 0.0735. The average Bonchev–Trinajstić information content (AvgIpc) is 3.43. The van der Waals surface area contributed by atoms with Crippen molar-refractivity contribution in [3.8, 4) is 11.5 Å². The fourth-order valence-corrected chi connectivity index (χ4v) is 4.90. The topological polar surface area (TPSA) is 101 Å². The number of methoxy groups -OCH3 is 1. The predicted octanol–water partition coefficient (Wildman–Crippen LogP) is 4.78. The molecule has 0 aromatic heterocycles. The highest BCUT2D eigenvalue weighted by atomic mass is 16.5. The van der Waals surface area contributed by atoms with Gasteiger partial charge < -0.3 is 19.3 Å². The molecule has 4 aromatic carbocycles. The molecule has 5 rings (SSSR count). The lowest BCUT2D eigenvalue weighted by molar-refractivity contribution is -0.130. The number of nitrogens with zero attached hydrogens (tertiary/aromatic N) is 1. The molecule has 3 N–H and O–H groups in total. The van der Waals surface area contributed by atoms with Gasteiger partial charge in [-0.25, -0.2) is 10.4 Å². The highest BCUT2D eigenvalue weighted by Crippen LogP contribution is 2.42. The van der Waals surface area contributed by atoms with Crippen LogP contribution in [-0.2, 0) is 22.5 Å². The van der Waals surface area contributed by atoms with Gasteiger partial charge in [0, 0.05) is 31.6 Å². The van der Waals surface area contributed by atoms with E-state index < -0.39 is 11.6 Å². The lowest BCUT2D eigenvalue weighted by Crippen LogP contribution is -2.53. The second-order valence-electron chi connectivity index (χ2n) is 10.0.